The van der Waals surface area contributed by atoms with E-state index >= 15 is 0 Å². The summed E-state index contributed by atoms with van der Waals surface area (Å²) in [6.07, 6.45) is 0.215. The molecular formula is C12H12FN3O3S. The van der Waals surface area contributed by atoms with Gasteiger partial charge in [-0.25, -0.2) is 4.39 Å². The number of carbonyl (C=O) groups is 1. The highest BCUT2D eigenvalue weighted by Gasteiger charge is 2.14. The maximum absolute atomic E-state index is 12.7. The van der Waals surface area contributed by atoms with E-state index in [9.17, 15) is 14.3 Å². The number of benzene rings is 1. The molecule has 2 rings (SSSR count). The second-order valence-corrected chi connectivity index (χ2v) is 5.03. The fraction of sp³-hybridized carbons (Fsp3) is 0.250. The number of nitrogens with one attached hydrogen (secondary N) is 1. The van der Waals surface area contributed by atoms with Crippen LogP contribution in [0.5, 0.6) is 5.95 Å². The van der Waals surface area contributed by atoms with Crippen molar-refractivity contribution >= 4 is 23.4 Å². The monoisotopic (exact) mass is 297 g/mol. The minimum Gasteiger partial charge on any atom is -0.538 e. The minimum absolute atomic E-state index is 0.212. The lowest BCUT2D eigenvalue weighted by Gasteiger charge is -2.04. The number of anilines is 1. The summed E-state index contributed by atoms with van der Waals surface area (Å²) >= 11 is 1.20. The normalized spacial score (nSPS) is 10.5. The first-order chi connectivity index (χ1) is 9.56. The zero-order valence-corrected chi connectivity index (χ0v) is 11.4. The molecule has 106 valence electrons. The zero-order chi connectivity index (χ0) is 14.5. The number of halogens is 1. The van der Waals surface area contributed by atoms with E-state index in [-0.39, 0.29) is 18.1 Å². The fourth-order valence-electron chi connectivity index (χ4n) is 1.46. The van der Waals surface area contributed by atoms with E-state index < -0.39 is 5.95 Å². The molecule has 1 aromatic carbocycles. The fourth-order valence-corrected chi connectivity index (χ4v) is 2.31. The summed E-state index contributed by atoms with van der Waals surface area (Å²) in [5.74, 6) is -0.675. The van der Waals surface area contributed by atoms with Crippen LogP contribution in [-0.4, -0.2) is 16.9 Å². The van der Waals surface area contributed by atoms with Gasteiger partial charge in [0.1, 0.15) is 5.82 Å². The van der Waals surface area contributed by atoms with Gasteiger partial charge in [0.25, 0.3) is 5.03 Å². The van der Waals surface area contributed by atoms with Gasteiger partial charge >= 0.3 is 0 Å². The molecule has 0 unspecified atom stereocenters. The smallest absolute Gasteiger partial charge is 0.290 e. The highest BCUT2D eigenvalue weighted by Crippen LogP contribution is 2.21. The highest BCUT2D eigenvalue weighted by molar-refractivity contribution is 7.99. The summed E-state index contributed by atoms with van der Waals surface area (Å²) in [4.78, 5) is 11.7. The zero-order valence-electron chi connectivity index (χ0n) is 10.6. The van der Waals surface area contributed by atoms with Crippen LogP contribution in [-0.2, 0) is 11.8 Å². The van der Waals surface area contributed by atoms with Crippen molar-refractivity contribution in [2.75, 3.05) is 11.1 Å². The average molecular weight is 297 g/mol. The summed E-state index contributed by atoms with van der Waals surface area (Å²) in [6.45, 7) is 0. The van der Waals surface area contributed by atoms with Gasteiger partial charge < -0.3 is 14.9 Å². The third kappa shape index (κ3) is 3.70. The number of aromatic nitrogens is 2. The first kappa shape index (κ1) is 14.3. The third-order valence-electron chi connectivity index (χ3n) is 2.41. The molecule has 2 aromatic rings. The van der Waals surface area contributed by atoms with Crippen molar-refractivity contribution in [3.63, 3.8) is 0 Å². The first-order valence-electron chi connectivity index (χ1n) is 5.77. The van der Waals surface area contributed by atoms with Crippen molar-refractivity contribution in [1.82, 2.24) is 5.27 Å². The molecule has 0 radical (unpaired) electrons. The molecule has 0 saturated carbocycles. The number of amides is 1. The molecule has 0 aliphatic carbocycles. The number of aryl methyl sites for hydroxylation is 1. The number of rotatable bonds is 5. The maximum Gasteiger partial charge on any atom is 0.290 e. The van der Waals surface area contributed by atoms with Crippen LogP contribution in [0.3, 0.4) is 0 Å². The molecule has 6 nitrogen and oxygen atoms in total. The average Bonchev–Trinajstić information content (AvgIpc) is 2.73. The Balaban J connectivity index is 1.79. The second-order valence-electron chi connectivity index (χ2n) is 3.94. The molecule has 0 spiro atoms. The Morgan fingerprint density at radius 2 is 2.20 bits per heavy atom. The van der Waals surface area contributed by atoms with E-state index in [1.165, 1.54) is 40.7 Å². The molecule has 0 aliphatic heterocycles. The number of hydrogen-bond donors (Lipinski definition) is 1. The van der Waals surface area contributed by atoms with Gasteiger partial charge in [-0.3, -0.25) is 4.79 Å². The molecule has 0 fully saturated rings. The van der Waals surface area contributed by atoms with E-state index in [0.29, 0.717) is 16.5 Å². The number of hydrogen-bond acceptors (Lipinski definition) is 5. The number of carbonyl (C=O) groups excluding carboxylic acids is 1. The van der Waals surface area contributed by atoms with Gasteiger partial charge in [0.05, 0.1) is 5.27 Å². The molecule has 0 atom stereocenters. The van der Waals surface area contributed by atoms with E-state index in [0.717, 1.165) is 0 Å². The molecule has 1 aromatic heterocycles. The second kappa shape index (κ2) is 6.38. The van der Waals surface area contributed by atoms with Crippen LogP contribution in [0, 0.1) is 5.82 Å². The summed E-state index contributed by atoms with van der Waals surface area (Å²) in [7, 11) is 1.59. The van der Waals surface area contributed by atoms with Crippen LogP contribution in [0.15, 0.2) is 33.8 Å². The van der Waals surface area contributed by atoms with Gasteiger partial charge in [0.2, 0.25) is 5.91 Å². The van der Waals surface area contributed by atoms with E-state index in [1.54, 1.807) is 7.05 Å². The molecule has 20 heavy (non-hydrogen) atoms. The van der Waals surface area contributed by atoms with Crippen LogP contribution in [0.1, 0.15) is 6.42 Å². The summed E-state index contributed by atoms with van der Waals surface area (Å²) in [5.41, 5.74) is 0.529. The predicted octanol–water partition coefficient (Wildman–Crippen LogP) is 0.833. The largest absolute Gasteiger partial charge is 0.538 e. The van der Waals surface area contributed by atoms with Crippen LogP contribution in [0.4, 0.5) is 10.1 Å². The van der Waals surface area contributed by atoms with Crippen molar-refractivity contribution < 1.29 is 23.5 Å². The Kier molecular flexibility index (Phi) is 4.57. The molecule has 1 N–H and O–H groups in total. The van der Waals surface area contributed by atoms with E-state index in [2.05, 4.69) is 15.1 Å². The lowest BCUT2D eigenvalue weighted by atomic mass is 10.3. The van der Waals surface area contributed by atoms with Gasteiger partial charge in [-0.2, -0.15) is 0 Å². The van der Waals surface area contributed by atoms with E-state index in [4.69, 9.17) is 0 Å². The Labute approximate surface area is 118 Å². The van der Waals surface area contributed by atoms with Crippen molar-refractivity contribution in [1.29, 1.82) is 0 Å². The van der Waals surface area contributed by atoms with Gasteiger partial charge in [0, 0.05) is 17.9 Å². The predicted molar refractivity (Wildman–Crippen MR) is 67.5 cm³/mol. The standard InChI is InChI=1S/C12H12FN3O3S/c1-16-11(12(18)19-15-16)20-7-6-10(17)14-9-4-2-8(13)3-5-9/h2-5H,6-7H2,1H3,(H-,14,15,17,18). The van der Waals surface area contributed by atoms with Crippen molar-refractivity contribution in [3.8, 4) is 5.95 Å². The Morgan fingerprint density at radius 1 is 1.50 bits per heavy atom. The van der Waals surface area contributed by atoms with Gasteiger partial charge in [-0.15, -0.1) is 0 Å². The molecule has 8 heteroatoms. The van der Waals surface area contributed by atoms with Gasteiger partial charge in [0.15, 0.2) is 13.0 Å². The summed E-state index contributed by atoms with van der Waals surface area (Å²) in [6, 6.07) is 5.50. The summed E-state index contributed by atoms with van der Waals surface area (Å²) in [5, 5.41) is 17.7. The summed E-state index contributed by atoms with van der Waals surface area (Å²) < 4.78 is 18.5. The molecule has 0 aliphatic rings. The van der Waals surface area contributed by atoms with Crippen LogP contribution < -0.4 is 15.1 Å². The SMILES string of the molecule is C[n+]1noc([O-])c1SCCC(=O)Nc1ccc(F)cc1. The Bertz CT molecular complexity index is 581. The molecule has 0 bridgehead atoms. The van der Waals surface area contributed by atoms with Gasteiger partial charge in [-0.05, 0) is 24.3 Å². The van der Waals surface area contributed by atoms with Crippen LogP contribution in [0.25, 0.3) is 0 Å². The highest BCUT2D eigenvalue weighted by atomic mass is 32.2. The molecule has 1 heterocycles. The van der Waals surface area contributed by atoms with Crippen molar-refractivity contribution in [2.45, 2.75) is 11.4 Å². The lowest BCUT2D eigenvalue weighted by molar-refractivity contribution is -0.772. The van der Waals surface area contributed by atoms with Crippen LogP contribution in [0.2, 0.25) is 0 Å². The molecule has 1 amide bonds. The number of nitrogens with zero attached hydrogens (tertiary/aromatic N) is 2. The topological polar surface area (TPSA) is 82.1 Å². The number of thioether (sulfide) groups is 1. The van der Waals surface area contributed by atoms with Crippen molar-refractivity contribution in [3.05, 3.63) is 30.1 Å². The first-order valence-corrected chi connectivity index (χ1v) is 6.76. The van der Waals surface area contributed by atoms with E-state index in [1.807, 2.05) is 0 Å². The minimum atomic E-state index is -0.517. The Morgan fingerprint density at radius 3 is 2.80 bits per heavy atom. The van der Waals surface area contributed by atoms with Crippen LogP contribution >= 0.6 is 11.8 Å². The third-order valence-corrected chi connectivity index (χ3v) is 3.52. The Hall–Kier alpha value is -2.09. The quantitative estimate of drug-likeness (QED) is 0.653. The maximum atomic E-state index is 12.7. The lowest BCUT2D eigenvalue weighted by Crippen LogP contribution is -2.32. The molecular weight excluding hydrogens is 285 g/mol. The molecule has 0 saturated heterocycles. The van der Waals surface area contributed by atoms with Crippen molar-refractivity contribution in [2.24, 2.45) is 7.05 Å². The van der Waals surface area contributed by atoms with Gasteiger partial charge in [-0.1, -0.05) is 16.4 Å².